The van der Waals surface area contributed by atoms with Crippen LogP contribution < -0.4 is 0 Å². The molecule has 1 aliphatic carbocycles. The van der Waals surface area contributed by atoms with Gasteiger partial charge in [-0.15, -0.1) is 0 Å². The van der Waals surface area contributed by atoms with E-state index in [1.54, 1.807) is 0 Å². The highest BCUT2D eigenvalue weighted by Crippen LogP contribution is 2.38. The van der Waals surface area contributed by atoms with E-state index in [1.165, 1.54) is 0 Å². The number of carbonyl (C=O) groups excluding carboxylic acids is 1. The van der Waals surface area contributed by atoms with Gasteiger partial charge in [0.1, 0.15) is 5.78 Å². The normalized spacial score (nSPS) is 29.7. The third-order valence-electron chi connectivity index (χ3n) is 2.73. The molecular weight excluding hydrogens is 152 g/mol. The molecule has 0 amide bonds. The highest BCUT2D eigenvalue weighted by Gasteiger charge is 2.40. The zero-order valence-corrected chi connectivity index (χ0v) is 8.13. The van der Waals surface area contributed by atoms with E-state index in [-0.39, 0.29) is 23.9 Å². The van der Waals surface area contributed by atoms with E-state index in [4.69, 9.17) is 5.11 Å². The second-order valence-electron chi connectivity index (χ2n) is 4.74. The Morgan fingerprint density at radius 2 is 2.00 bits per heavy atom. The van der Waals surface area contributed by atoms with Crippen LogP contribution in [0.15, 0.2) is 0 Å². The van der Waals surface area contributed by atoms with E-state index in [1.807, 2.05) is 20.8 Å². The second kappa shape index (κ2) is 3.17. The van der Waals surface area contributed by atoms with E-state index in [9.17, 15) is 4.79 Å². The summed E-state index contributed by atoms with van der Waals surface area (Å²) in [6, 6.07) is 0. The minimum Gasteiger partial charge on any atom is -0.396 e. The zero-order chi connectivity index (χ0) is 9.35. The molecule has 0 radical (unpaired) electrons. The maximum atomic E-state index is 11.7. The summed E-state index contributed by atoms with van der Waals surface area (Å²) in [7, 11) is 0. The molecule has 12 heavy (non-hydrogen) atoms. The first-order valence-electron chi connectivity index (χ1n) is 4.62. The van der Waals surface area contributed by atoms with Gasteiger partial charge in [0.25, 0.3) is 0 Å². The van der Waals surface area contributed by atoms with Crippen LogP contribution in [0.3, 0.4) is 0 Å². The molecule has 0 aromatic heterocycles. The number of Topliss-reactive ketones (excluding diaryl/α,β-unsaturated/α-hetero) is 1. The van der Waals surface area contributed by atoms with Gasteiger partial charge in [0.05, 0.1) is 0 Å². The molecule has 0 aliphatic heterocycles. The Labute approximate surface area is 74.0 Å². The van der Waals surface area contributed by atoms with Crippen LogP contribution in [-0.2, 0) is 4.79 Å². The van der Waals surface area contributed by atoms with Crippen molar-refractivity contribution in [3.8, 4) is 0 Å². The number of hydrogen-bond acceptors (Lipinski definition) is 2. The monoisotopic (exact) mass is 170 g/mol. The van der Waals surface area contributed by atoms with Crippen LogP contribution in [-0.4, -0.2) is 17.5 Å². The van der Waals surface area contributed by atoms with E-state index in [0.717, 1.165) is 12.8 Å². The number of rotatable bonds is 2. The fraction of sp³-hybridized carbons (Fsp3) is 0.900. The van der Waals surface area contributed by atoms with Crippen molar-refractivity contribution in [1.29, 1.82) is 0 Å². The second-order valence-corrected chi connectivity index (χ2v) is 4.74. The third kappa shape index (κ3) is 1.69. The van der Waals surface area contributed by atoms with Gasteiger partial charge >= 0.3 is 0 Å². The van der Waals surface area contributed by atoms with Gasteiger partial charge in [-0.3, -0.25) is 4.79 Å². The molecule has 2 nitrogen and oxygen atoms in total. The van der Waals surface area contributed by atoms with Crippen LogP contribution in [0.25, 0.3) is 0 Å². The highest BCUT2D eigenvalue weighted by atomic mass is 16.3. The summed E-state index contributed by atoms with van der Waals surface area (Å²) in [6.45, 7) is 6.01. The molecule has 0 bridgehead atoms. The lowest BCUT2D eigenvalue weighted by atomic mass is 9.66. The van der Waals surface area contributed by atoms with Crippen LogP contribution in [0.4, 0.5) is 0 Å². The number of carbonyl (C=O) groups is 1. The van der Waals surface area contributed by atoms with Gasteiger partial charge in [-0.05, 0) is 18.8 Å². The van der Waals surface area contributed by atoms with Crippen LogP contribution in [0.5, 0.6) is 0 Å². The molecule has 1 aliphatic rings. The molecule has 2 heteroatoms. The molecule has 1 rings (SSSR count). The molecule has 0 spiro atoms. The Kier molecular flexibility index (Phi) is 2.57. The van der Waals surface area contributed by atoms with Crippen LogP contribution in [0.2, 0.25) is 0 Å². The van der Waals surface area contributed by atoms with Gasteiger partial charge in [-0.25, -0.2) is 0 Å². The van der Waals surface area contributed by atoms with Gasteiger partial charge in [-0.2, -0.15) is 0 Å². The predicted octanol–water partition coefficient (Wildman–Crippen LogP) is 1.62. The van der Waals surface area contributed by atoms with Gasteiger partial charge in [0.15, 0.2) is 0 Å². The van der Waals surface area contributed by atoms with Crippen molar-refractivity contribution in [2.45, 2.75) is 33.6 Å². The largest absolute Gasteiger partial charge is 0.396 e. The van der Waals surface area contributed by atoms with E-state index in [0.29, 0.717) is 5.78 Å². The topological polar surface area (TPSA) is 37.3 Å². The summed E-state index contributed by atoms with van der Waals surface area (Å²) in [5.41, 5.74) is -0.238. The Morgan fingerprint density at radius 3 is 2.25 bits per heavy atom. The Bertz CT molecular complexity index is 177. The lowest BCUT2D eigenvalue weighted by Crippen LogP contribution is -2.40. The van der Waals surface area contributed by atoms with Crippen LogP contribution >= 0.6 is 0 Å². The van der Waals surface area contributed by atoms with Gasteiger partial charge < -0.3 is 5.11 Å². The predicted molar refractivity (Wildman–Crippen MR) is 47.8 cm³/mol. The quantitative estimate of drug-likeness (QED) is 0.683. The van der Waals surface area contributed by atoms with E-state index in [2.05, 4.69) is 0 Å². The van der Waals surface area contributed by atoms with Crippen LogP contribution in [0.1, 0.15) is 33.6 Å². The lowest BCUT2D eigenvalue weighted by molar-refractivity contribution is -0.137. The SMILES string of the molecule is CC(C)(C)C(=O)C1CCC1CO. The van der Waals surface area contributed by atoms with Crippen molar-refractivity contribution in [3.05, 3.63) is 0 Å². The van der Waals surface area contributed by atoms with Crippen molar-refractivity contribution in [2.24, 2.45) is 17.3 Å². The molecule has 0 aromatic rings. The van der Waals surface area contributed by atoms with Crippen molar-refractivity contribution in [1.82, 2.24) is 0 Å². The summed E-state index contributed by atoms with van der Waals surface area (Å²) in [6.07, 6.45) is 1.99. The van der Waals surface area contributed by atoms with Crippen LogP contribution in [0, 0.1) is 17.3 Å². The maximum Gasteiger partial charge on any atom is 0.141 e. The van der Waals surface area contributed by atoms with Crippen molar-refractivity contribution >= 4 is 5.78 Å². The molecular formula is C10H18O2. The minimum atomic E-state index is -0.238. The first-order chi connectivity index (χ1) is 5.46. The van der Waals surface area contributed by atoms with Gasteiger partial charge in [0, 0.05) is 17.9 Å². The Balaban J connectivity index is 2.54. The van der Waals surface area contributed by atoms with Gasteiger partial charge in [0.2, 0.25) is 0 Å². The molecule has 1 fully saturated rings. The van der Waals surface area contributed by atoms with Crippen molar-refractivity contribution in [3.63, 3.8) is 0 Å². The fourth-order valence-corrected chi connectivity index (χ4v) is 1.69. The fourth-order valence-electron chi connectivity index (χ4n) is 1.69. The summed E-state index contributed by atoms with van der Waals surface area (Å²) >= 11 is 0. The smallest absolute Gasteiger partial charge is 0.141 e. The van der Waals surface area contributed by atoms with Crippen molar-refractivity contribution in [2.75, 3.05) is 6.61 Å². The summed E-state index contributed by atoms with van der Waals surface area (Å²) in [5.74, 6) is 0.694. The number of aliphatic hydroxyl groups is 1. The van der Waals surface area contributed by atoms with E-state index < -0.39 is 0 Å². The summed E-state index contributed by atoms with van der Waals surface area (Å²) < 4.78 is 0. The van der Waals surface area contributed by atoms with E-state index >= 15 is 0 Å². The summed E-state index contributed by atoms with van der Waals surface area (Å²) in [5, 5.41) is 8.92. The standard InChI is InChI=1S/C10H18O2/c1-10(2,3)9(12)8-5-4-7(8)6-11/h7-8,11H,4-6H2,1-3H3. The Morgan fingerprint density at radius 1 is 1.42 bits per heavy atom. The van der Waals surface area contributed by atoms with Crippen molar-refractivity contribution < 1.29 is 9.90 Å². The highest BCUT2D eigenvalue weighted by molar-refractivity contribution is 5.86. The third-order valence-corrected chi connectivity index (χ3v) is 2.73. The number of ketones is 1. The molecule has 0 heterocycles. The summed E-state index contributed by atoms with van der Waals surface area (Å²) in [4.78, 5) is 11.7. The molecule has 0 aromatic carbocycles. The first-order valence-corrected chi connectivity index (χ1v) is 4.62. The molecule has 70 valence electrons. The lowest BCUT2D eigenvalue weighted by Gasteiger charge is -2.37. The zero-order valence-electron chi connectivity index (χ0n) is 8.13. The molecule has 0 saturated heterocycles. The maximum absolute atomic E-state index is 11.7. The molecule has 2 unspecified atom stereocenters. The Hall–Kier alpha value is -0.370. The molecule has 2 atom stereocenters. The number of hydrogen-bond donors (Lipinski definition) is 1. The molecule has 1 N–H and O–H groups in total. The van der Waals surface area contributed by atoms with Gasteiger partial charge in [-0.1, -0.05) is 20.8 Å². The first kappa shape index (κ1) is 9.72. The average molecular weight is 170 g/mol. The number of aliphatic hydroxyl groups excluding tert-OH is 1. The molecule has 1 saturated carbocycles. The minimum absolute atomic E-state index is 0.134. The average Bonchev–Trinajstić information content (AvgIpc) is 1.84.